The molecule has 1 aliphatic rings. The van der Waals surface area contributed by atoms with Crippen LogP contribution in [0.3, 0.4) is 0 Å². The first-order valence-corrected chi connectivity index (χ1v) is 7.75. The normalized spacial score (nSPS) is 19.6. The number of fused-ring (bicyclic) bond motifs is 1. The minimum atomic E-state index is -0.264. The Morgan fingerprint density at radius 1 is 1.17 bits per heavy atom. The number of para-hydroxylation sites is 1. The topological polar surface area (TPSA) is 35.5 Å². The molecule has 0 fully saturated rings. The van der Waals surface area contributed by atoms with Crippen LogP contribution in [0, 0.1) is 5.92 Å². The molecule has 118 valence electrons. The molecule has 23 heavy (non-hydrogen) atoms. The zero-order valence-corrected chi connectivity index (χ0v) is 13.4. The van der Waals surface area contributed by atoms with E-state index in [0.717, 1.165) is 22.4 Å². The van der Waals surface area contributed by atoms with E-state index in [2.05, 4.69) is 6.08 Å². The van der Waals surface area contributed by atoms with E-state index in [1.165, 1.54) is 7.11 Å². The molecule has 0 amide bonds. The summed E-state index contributed by atoms with van der Waals surface area (Å²) in [6.07, 6.45) is 2.11. The van der Waals surface area contributed by atoms with Gasteiger partial charge in [-0.3, -0.25) is 4.79 Å². The maximum Gasteiger partial charge on any atom is 0.309 e. The highest BCUT2D eigenvalue weighted by Gasteiger charge is 2.34. The van der Waals surface area contributed by atoms with Crippen molar-refractivity contribution in [1.82, 2.24) is 0 Å². The van der Waals surface area contributed by atoms with Crippen molar-refractivity contribution < 1.29 is 14.3 Å². The highest BCUT2D eigenvalue weighted by Crippen LogP contribution is 2.42. The number of esters is 1. The van der Waals surface area contributed by atoms with Gasteiger partial charge in [0.25, 0.3) is 0 Å². The quantitative estimate of drug-likeness (QED) is 0.802. The fraction of sp³-hybridized carbons (Fsp3) is 0.250. The zero-order chi connectivity index (χ0) is 16.2. The van der Waals surface area contributed by atoms with E-state index in [4.69, 9.17) is 9.47 Å². The number of hydrogen-bond acceptors (Lipinski definition) is 3. The van der Waals surface area contributed by atoms with Crippen molar-refractivity contribution in [3.63, 3.8) is 0 Å². The minimum Gasteiger partial charge on any atom is -0.489 e. The van der Waals surface area contributed by atoms with Gasteiger partial charge >= 0.3 is 5.97 Å². The van der Waals surface area contributed by atoms with Gasteiger partial charge in [0.1, 0.15) is 12.4 Å². The number of hydrogen-bond donors (Lipinski definition) is 0. The molecule has 2 unspecified atom stereocenters. The van der Waals surface area contributed by atoms with Gasteiger partial charge in [0.05, 0.1) is 13.0 Å². The van der Waals surface area contributed by atoms with Crippen molar-refractivity contribution >= 4 is 12.0 Å². The Balaban J connectivity index is 2.05. The molecule has 0 aromatic heterocycles. The Hall–Kier alpha value is -2.55. The lowest BCUT2D eigenvalue weighted by Gasteiger charge is -2.31. The molecular weight excluding hydrogens is 288 g/mol. The average molecular weight is 308 g/mol. The van der Waals surface area contributed by atoms with Gasteiger partial charge in [-0.05, 0) is 17.2 Å². The predicted octanol–water partition coefficient (Wildman–Crippen LogP) is 4.06. The molecule has 0 saturated heterocycles. The fourth-order valence-corrected chi connectivity index (χ4v) is 3.13. The van der Waals surface area contributed by atoms with Crippen molar-refractivity contribution in [2.45, 2.75) is 12.8 Å². The van der Waals surface area contributed by atoms with Crippen LogP contribution in [-0.2, 0) is 9.53 Å². The van der Waals surface area contributed by atoms with E-state index >= 15 is 0 Å². The number of methoxy groups -OCH3 is 1. The molecule has 3 heteroatoms. The third-order valence-electron chi connectivity index (χ3n) is 4.27. The summed E-state index contributed by atoms with van der Waals surface area (Å²) in [7, 11) is 1.44. The van der Waals surface area contributed by atoms with Crippen LogP contribution in [0.25, 0.3) is 6.08 Å². The Labute approximate surface area is 136 Å². The number of carbonyl (C=O) groups excluding carboxylic acids is 1. The standard InChI is InChI=1S/C20H20O3/c1-14(20(21)22-2)19-16(12-15-8-4-3-5-9-15)13-23-18-11-7-6-10-17(18)19/h3-12,14,19H,13H2,1-2H3. The van der Waals surface area contributed by atoms with Crippen LogP contribution in [0.5, 0.6) is 5.75 Å². The maximum atomic E-state index is 12.1. The van der Waals surface area contributed by atoms with Gasteiger partial charge in [-0.1, -0.05) is 61.5 Å². The lowest BCUT2D eigenvalue weighted by Crippen LogP contribution is -2.28. The Morgan fingerprint density at radius 3 is 2.61 bits per heavy atom. The van der Waals surface area contributed by atoms with Crippen LogP contribution in [0.4, 0.5) is 0 Å². The minimum absolute atomic E-state index is 0.0346. The summed E-state index contributed by atoms with van der Waals surface area (Å²) in [5.74, 6) is 0.344. The second-order valence-electron chi connectivity index (χ2n) is 5.75. The van der Waals surface area contributed by atoms with Crippen LogP contribution in [-0.4, -0.2) is 19.7 Å². The van der Waals surface area contributed by atoms with E-state index in [9.17, 15) is 4.79 Å². The summed E-state index contributed by atoms with van der Waals surface area (Å²) in [5.41, 5.74) is 3.24. The predicted molar refractivity (Wildman–Crippen MR) is 90.3 cm³/mol. The van der Waals surface area contributed by atoms with Crippen LogP contribution >= 0.6 is 0 Å². The molecule has 2 aromatic rings. The second-order valence-corrected chi connectivity index (χ2v) is 5.75. The molecule has 0 N–H and O–H groups in total. The molecule has 0 bridgehead atoms. The molecule has 0 radical (unpaired) electrons. The number of rotatable bonds is 3. The van der Waals surface area contributed by atoms with Gasteiger partial charge in [0.2, 0.25) is 0 Å². The molecule has 1 aliphatic heterocycles. The first kappa shape index (κ1) is 15.3. The monoisotopic (exact) mass is 308 g/mol. The van der Waals surface area contributed by atoms with Crippen LogP contribution in [0.1, 0.15) is 24.0 Å². The first-order chi connectivity index (χ1) is 11.2. The Morgan fingerprint density at radius 2 is 1.87 bits per heavy atom. The third-order valence-corrected chi connectivity index (χ3v) is 4.27. The van der Waals surface area contributed by atoms with Gasteiger partial charge in [-0.15, -0.1) is 0 Å². The smallest absolute Gasteiger partial charge is 0.309 e. The van der Waals surface area contributed by atoms with Gasteiger partial charge in [-0.25, -0.2) is 0 Å². The van der Waals surface area contributed by atoms with Crippen molar-refractivity contribution in [2.24, 2.45) is 5.92 Å². The van der Waals surface area contributed by atoms with E-state index in [0.29, 0.717) is 6.61 Å². The highest BCUT2D eigenvalue weighted by molar-refractivity contribution is 5.75. The van der Waals surface area contributed by atoms with Crippen LogP contribution < -0.4 is 4.74 Å². The van der Waals surface area contributed by atoms with Crippen molar-refractivity contribution in [2.75, 3.05) is 13.7 Å². The zero-order valence-electron chi connectivity index (χ0n) is 13.4. The molecular formula is C20H20O3. The molecule has 3 nitrogen and oxygen atoms in total. The average Bonchev–Trinajstić information content (AvgIpc) is 2.61. The van der Waals surface area contributed by atoms with Gasteiger partial charge in [-0.2, -0.15) is 0 Å². The number of benzene rings is 2. The van der Waals surface area contributed by atoms with E-state index in [1.54, 1.807) is 0 Å². The molecule has 1 heterocycles. The first-order valence-electron chi connectivity index (χ1n) is 7.75. The van der Waals surface area contributed by atoms with Crippen molar-refractivity contribution in [1.29, 1.82) is 0 Å². The molecule has 0 saturated carbocycles. The lowest BCUT2D eigenvalue weighted by molar-refractivity contribution is -0.145. The summed E-state index contributed by atoms with van der Waals surface area (Å²) in [6.45, 7) is 2.40. The van der Waals surface area contributed by atoms with Crippen molar-refractivity contribution in [3.8, 4) is 5.75 Å². The third kappa shape index (κ3) is 3.14. The number of ether oxygens (including phenoxy) is 2. The SMILES string of the molecule is COC(=O)C(C)C1C(=Cc2ccccc2)COc2ccccc21. The summed E-state index contributed by atoms with van der Waals surface area (Å²) >= 11 is 0. The largest absolute Gasteiger partial charge is 0.489 e. The molecule has 0 aliphatic carbocycles. The van der Waals surface area contributed by atoms with Crippen LogP contribution in [0.15, 0.2) is 60.2 Å². The molecule has 2 aromatic carbocycles. The highest BCUT2D eigenvalue weighted by atomic mass is 16.5. The summed E-state index contributed by atoms with van der Waals surface area (Å²) in [4.78, 5) is 12.1. The maximum absolute atomic E-state index is 12.1. The van der Waals surface area contributed by atoms with Crippen LogP contribution in [0.2, 0.25) is 0 Å². The van der Waals surface area contributed by atoms with Gasteiger partial charge in [0, 0.05) is 11.5 Å². The van der Waals surface area contributed by atoms with E-state index < -0.39 is 0 Å². The summed E-state index contributed by atoms with van der Waals surface area (Å²) in [6, 6.07) is 18.0. The summed E-state index contributed by atoms with van der Waals surface area (Å²) < 4.78 is 10.9. The van der Waals surface area contributed by atoms with E-state index in [1.807, 2.05) is 61.5 Å². The lowest BCUT2D eigenvalue weighted by atomic mass is 9.79. The number of carbonyl (C=O) groups is 1. The second kappa shape index (κ2) is 6.69. The Bertz CT molecular complexity index is 719. The van der Waals surface area contributed by atoms with E-state index in [-0.39, 0.29) is 17.8 Å². The van der Waals surface area contributed by atoms with Gasteiger partial charge in [0.15, 0.2) is 0 Å². The fourth-order valence-electron chi connectivity index (χ4n) is 3.13. The molecule has 3 rings (SSSR count). The molecule has 2 atom stereocenters. The Kier molecular flexibility index (Phi) is 4.47. The summed E-state index contributed by atoms with van der Waals surface area (Å²) in [5, 5.41) is 0. The van der Waals surface area contributed by atoms with Gasteiger partial charge < -0.3 is 9.47 Å². The molecule has 0 spiro atoms. The van der Waals surface area contributed by atoms with Crippen molar-refractivity contribution in [3.05, 3.63) is 71.3 Å².